The third-order valence-corrected chi connectivity index (χ3v) is 4.48. The van der Waals surface area contributed by atoms with Crippen LogP contribution in [0.3, 0.4) is 0 Å². The lowest BCUT2D eigenvalue weighted by Gasteiger charge is -2.13. The highest BCUT2D eigenvalue weighted by Crippen LogP contribution is 2.29. The van der Waals surface area contributed by atoms with E-state index >= 15 is 0 Å². The Hall–Kier alpha value is -1.03. The van der Waals surface area contributed by atoms with Gasteiger partial charge in [0.15, 0.2) is 5.65 Å². The fraction of sp³-hybridized carbons (Fsp3) is 0.714. The fourth-order valence-electron chi connectivity index (χ4n) is 3.27. The van der Waals surface area contributed by atoms with E-state index in [1.165, 1.54) is 25.7 Å². The molecule has 3 rings (SSSR count). The highest BCUT2D eigenvalue weighted by atomic mass is 35.5. The summed E-state index contributed by atoms with van der Waals surface area (Å²) in [4.78, 5) is 4.71. The topological polar surface area (TPSA) is 35.6 Å². The Morgan fingerprint density at radius 2 is 2.05 bits per heavy atom. The van der Waals surface area contributed by atoms with Crippen molar-refractivity contribution in [2.24, 2.45) is 13.0 Å². The van der Waals surface area contributed by atoms with Crippen LogP contribution in [0, 0.1) is 5.92 Å². The number of alkyl halides is 1. The quantitative estimate of drug-likeness (QED) is 0.806. The average Bonchev–Trinajstić information content (AvgIpc) is 3.09. The molecule has 0 amide bonds. The molecule has 0 saturated heterocycles. The van der Waals surface area contributed by atoms with E-state index in [9.17, 15) is 0 Å². The van der Waals surface area contributed by atoms with Gasteiger partial charge >= 0.3 is 0 Å². The zero-order valence-corrected chi connectivity index (χ0v) is 12.4. The van der Waals surface area contributed by atoms with Crippen LogP contribution in [-0.4, -0.2) is 19.3 Å². The summed E-state index contributed by atoms with van der Waals surface area (Å²) in [6.45, 7) is 3.17. The highest BCUT2D eigenvalue weighted by Gasteiger charge is 2.22. The standard InChI is InChI=1S/C14H21ClN4/c1-3-11-13-14(18(2)17-11)19(12(8-15)16-13)9-10-6-4-5-7-10/h10H,3-9H2,1-2H3. The smallest absolute Gasteiger partial charge is 0.158 e. The Kier molecular flexibility index (Phi) is 3.52. The lowest BCUT2D eigenvalue weighted by atomic mass is 10.1. The van der Waals surface area contributed by atoms with Gasteiger partial charge in [0.1, 0.15) is 11.3 Å². The van der Waals surface area contributed by atoms with Crippen LogP contribution in [0.1, 0.15) is 44.1 Å². The van der Waals surface area contributed by atoms with Crippen molar-refractivity contribution in [2.45, 2.75) is 51.5 Å². The van der Waals surface area contributed by atoms with Crippen LogP contribution >= 0.6 is 11.6 Å². The molecular formula is C14H21ClN4. The average molecular weight is 281 g/mol. The number of aromatic nitrogens is 4. The summed E-state index contributed by atoms with van der Waals surface area (Å²) >= 11 is 6.08. The molecule has 1 aliphatic carbocycles. The Morgan fingerprint density at radius 1 is 1.32 bits per heavy atom. The first kappa shape index (κ1) is 13.0. The van der Waals surface area contributed by atoms with Gasteiger partial charge in [0, 0.05) is 13.6 Å². The van der Waals surface area contributed by atoms with Crippen molar-refractivity contribution in [3.05, 3.63) is 11.5 Å². The Labute approximate surface area is 118 Å². The molecule has 5 heteroatoms. The molecule has 19 heavy (non-hydrogen) atoms. The minimum Gasteiger partial charge on any atom is -0.312 e. The Morgan fingerprint density at radius 3 is 2.68 bits per heavy atom. The number of imidazole rings is 1. The van der Waals surface area contributed by atoms with Crippen LogP contribution in [0.2, 0.25) is 0 Å². The van der Waals surface area contributed by atoms with E-state index < -0.39 is 0 Å². The third kappa shape index (κ3) is 2.16. The number of nitrogens with zero attached hydrogens (tertiary/aromatic N) is 4. The second kappa shape index (κ2) is 5.16. The van der Waals surface area contributed by atoms with Crippen molar-refractivity contribution in [3.8, 4) is 0 Å². The molecule has 1 aliphatic rings. The van der Waals surface area contributed by atoms with Gasteiger partial charge in [0.25, 0.3) is 0 Å². The molecule has 0 bridgehead atoms. The first-order valence-electron chi connectivity index (χ1n) is 7.21. The molecule has 1 fully saturated rings. The molecule has 0 radical (unpaired) electrons. The maximum absolute atomic E-state index is 6.08. The number of rotatable bonds is 4. The van der Waals surface area contributed by atoms with Gasteiger partial charge in [-0.05, 0) is 25.2 Å². The van der Waals surface area contributed by atoms with E-state index in [0.29, 0.717) is 5.88 Å². The summed E-state index contributed by atoms with van der Waals surface area (Å²) in [5.74, 6) is 2.25. The molecule has 0 spiro atoms. The maximum atomic E-state index is 6.08. The molecule has 2 heterocycles. The van der Waals surface area contributed by atoms with Gasteiger partial charge in [-0.25, -0.2) is 4.98 Å². The normalized spacial score (nSPS) is 16.8. The maximum Gasteiger partial charge on any atom is 0.158 e. The molecule has 104 valence electrons. The molecule has 0 atom stereocenters. The summed E-state index contributed by atoms with van der Waals surface area (Å²) in [7, 11) is 2.01. The van der Waals surface area contributed by atoms with Crippen molar-refractivity contribution in [1.82, 2.24) is 19.3 Å². The molecule has 2 aromatic rings. The van der Waals surface area contributed by atoms with E-state index in [0.717, 1.165) is 41.6 Å². The SMILES string of the molecule is CCc1nn(C)c2c1nc(CCl)n2CC1CCCC1. The molecule has 4 nitrogen and oxygen atoms in total. The van der Waals surface area contributed by atoms with E-state index in [-0.39, 0.29) is 0 Å². The van der Waals surface area contributed by atoms with Crippen LogP contribution in [0.15, 0.2) is 0 Å². The first-order chi connectivity index (χ1) is 9.24. The van der Waals surface area contributed by atoms with E-state index in [4.69, 9.17) is 16.6 Å². The largest absolute Gasteiger partial charge is 0.312 e. The minimum absolute atomic E-state index is 0.477. The number of hydrogen-bond donors (Lipinski definition) is 0. The summed E-state index contributed by atoms with van der Waals surface area (Å²) < 4.78 is 4.26. The molecule has 0 N–H and O–H groups in total. The van der Waals surface area contributed by atoms with E-state index in [1.54, 1.807) is 0 Å². The highest BCUT2D eigenvalue weighted by molar-refractivity contribution is 6.16. The monoisotopic (exact) mass is 280 g/mol. The molecular weight excluding hydrogens is 260 g/mol. The van der Waals surface area contributed by atoms with Crippen LogP contribution in [0.25, 0.3) is 11.2 Å². The second-order valence-corrected chi connectivity index (χ2v) is 5.79. The van der Waals surface area contributed by atoms with Gasteiger partial charge in [0.2, 0.25) is 0 Å². The molecule has 0 aromatic carbocycles. The molecule has 2 aromatic heterocycles. The van der Waals surface area contributed by atoms with Crippen LogP contribution in [-0.2, 0) is 25.9 Å². The molecule has 0 aliphatic heterocycles. The number of aryl methyl sites for hydroxylation is 2. The lowest BCUT2D eigenvalue weighted by Crippen LogP contribution is -2.12. The Bertz CT molecular complexity index is 578. The molecule has 1 saturated carbocycles. The van der Waals surface area contributed by atoms with Gasteiger partial charge in [-0.3, -0.25) is 4.68 Å². The minimum atomic E-state index is 0.477. The van der Waals surface area contributed by atoms with E-state index in [1.807, 2.05) is 11.7 Å². The zero-order chi connectivity index (χ0) is 13.4. The fourth-order valence-corrected chi connectivity index (χ4v) is 3.47. The van der Waals surface area contributed by atoms with Crippen LogP contribution < -0.4 is 0 Å². The Balaban J connectivity index is 2.06. The van der Waals surface area contributed by atoms with Gasteiger partial charge in [-0.1, -0.05) is 19.8 Å². The van der Waals surface area contributed by atoms with Gasteiger partial charge < -0.3 is 4.57 Å². The number of hydrogen-bond acceptors (Lipinski definition) is 2. The zero-order valence-electron chi connectivity index (χ0n) is 11.7. The van der Waals surface area contributed by atoms with Crippen molar-refractivity contribution < 1.29 is 0 Å². The van der Waals surface area contributed by atoms with Crippen molar-refractivity contribution >= 4 is 22.8 Å². The predicted molar refractivity (Wildman–Crippen MR) is 77.4 cm³/mol. The first-order valence-corrected chi connectivity index (χ1v) is 7.75. The predicted octanol–water partition coefficient (Wildman–Crippen LogP) is 3.26. The second-order valence-electron chi connectivity index (χ2n) is 5.52. The van der Waals surface area contributed by atoms with Crippen LogP contribution in [0.4, 0.5) is 0 Å². The van der Waals surface area contributed by atoms with Crippen molar-refractivity contribution in [3.63, 3.8) is 0 Å². The van der Waals surface area contributed by atoms with E-state index in [2.05, 4.69) is 16.6 Å². The lowest BCUT2D eigenvalue weighted by molar-refractivity contribution is 0.452. The third-order valence-electron chi connectivity index (χ3n) is 4.24. The van der Waals surface area contributed by atoms with Gasteiger partial charge in [0.05, 0.1) is 11.6 Å². The number of fused-ring (bicyclic) bond motifs is 1. The van der Waals surface area contributed by atoms with Crippen molar-refractivity contribution in [2.75, 3.05) is 0 Å². The number of halogens is 1. The summed E-state index contributed by atoms with van der Waals surface area (Å²) in [5, 5.41) is 4.57. The van der Waals surface area contributed by atoms with Gasteiger partial charge in [-0.2, -0.15) is 5.10 Å². The van der Waals surface area contributed by atoms with Crippen LogP contribution in [0.5, 0.6) is 0 Å². The van der Waals surface area contributed by atoms with Crippen molar-refractivity contribution in [1.29, 1.82) is 0 Å². The molecule has 0 unspecified atom stereocenters. The van der Waals surface area contributed by atoms with Gasteiger partial charge in [-0.15, -0.1) is 11.6 Å². The summed E-state index contributed by atoms with van der Waals surface area (Å²) in [6.07, 6.45) is 6.31. The summed E-state index contributed by atoms with van der Waals surface area (Å²) in [5.41, 5.74) is 3.26. The summed E-state index contributed by atoms with van der Waals surface area (Å²) in [6, 6.07) is 0.